The highest BCUT2D eigenvalue weighted by Crippen LogP contribution is 2.21. The predicted octanol–water partition coefficient (Wildman–Crippen LogP) is 6.83. The highest BCUT2D eigenvalue weighted by molar-refractivity contribution is 9.10. The Kier molecular flexibility index (Phi) is 9.82. The molecule has 0 aliphatic heterocycles. The van der Waals surface area contributed by atoms with Crippen LogP contribution in [0.4, 0.5) is 11.9 Å². The van der Waals surface area contributed by atoms with Gasteiger partial charge >= 0.3 is 0 Å². The van der Waals surface area contributed by atoms with E-state index in [0.717, 1.165) is 27.2 Å². The first-order chi connectivity index (χ1) is 16.5. The summed E-state index contributed by atoms with van der Waals surface area (Å²) in [5.41, 5.74) is 3.89. The lowest BCUT2D eigenvalue weighted by Crippen LogP contribution is -2.10. The van der Waals surface area contributed by atoms with Crippen molar-refractivity contribution in [2.24, 2.45) is 5.92 Å². The van der Waals surface area contributed by atoms with Crippen LogP contribution in [0.1, 0.15) is 52.0 Å². The summed E-state index contributed by atoms with van der Waals surface area (Å²) in [6, 6.07) is 14.2. The summed E-state index contributed by atoms with van der Waals surface area (Å²) in [7, 11) is 1.79. The standard InChI is InChI=1S/C18H16BrN7.C8H18/c1-20-17-24-16-14(19)11-23-26(16)18(25-17)22-10-12-5-7-13(8-6-12)15-4-2-3-9-21-15;1-4-5-6-7-8(2)3/h2-9,11H,10H2,1H3,(H2,20,22,24,25);8H,4-7H2,1-3H3. The Bertz CT molecular complexity index is 1140. The van der Waals surface area contributed by atoms with E-state index in [1.807, 2.05) is 18.2 Å². The van der Waals surface area contributed by atoms with Crippen molar-refractivity contribution in [2.45, 2.75) is 53.0 Å². The Hall–Kier alpha value is -3.00. The molecule has 3 aromatic heterocycles. The van der Waals surface area contributed by atoms with E-state index in [2.05, 4.69) is 91.7 Å². The number of hydrogen-bond donors (Lipinski definition) is 2. The van der Waals surface area contributed by atoms with E-state index >= 15 is 0 Å². The molecule has 0 bridgehead atoms. The Morgan fingerprint density at radius 3 is 2.47 bits per heavy atom. The lowest BCUT2D eigenvalue weighted by Gasteiger charge is -2.10. The number of rotatable bonds is 9. The molecular formula is C26H34BrN7. The molecule has 0 unspecified atom stereocenters. The fourth-order valence-corrected chi connectivity index (χ4v) is 3.74. The van der Waals surface area contributed by atoms with Gasteiger partial charge in [0.2, 0.25) is 11.9 Å². The van der Waals surface area contributed by atoms with Crippen LogP contribution in [-0.2, 0) is 6.54 Å². The molecule has 0 radical (unpaired) electrons. The average Bonchev–Trinajstić information content (AvgIpc) is 3.24. The van der Waals surface area contributed by atoms with Crippen LogP contribution in [0, 0.1) is 5.92 Å². The van der Waals surface area contributed by atoms with Gasteiger partial charge in [0, 0.05) is 25.4 Å². The Morgan fingerprint density at radius 1 is 1.03 bits per heavy atom. The number of benzene rings is 1. The maximum absolute atomic E-state index is 4.45. The number of nitrogens with one attached hydrogen (secondary N) is 2. The molecule has 180 valence electrons. The highest BCUT2D eigenvalue weighted by atomic mass is 79.9. The number of nitrogens with zero attached hydrogens (tertiary/aromatic N) is 5. The molecule has 0 saturated carbocycles. The van der Waals surface area contributed by atoms with Crippen molar-refractivity contribution in [2.75, 3.05) is 17.7 Å². The third-order valence-corrected chi connectivity index (χ3v) is 5.86. The lowest BCUT2D eigenvalue weighted by molar-refractivity contribution is 0.534. The minimum absolute atomic E-state index is 0.534. The molecule has 3 heterocycles. The second kappa shape index (κ2) is 13.0. The van der Waals surface area contributed by atoms with Crippen LogP contribution in [0.25, 0.3) is 16.9 Å². The van der Waals surface area contributed by atoms with Crippen molar-refractivity contribution in [1.29, 1.82) is 0 Å². The molecule has 1 aromatic carbocycles. The van der Waals surface area contributed by atoms with Gasteiger partial charge in [0.15, 0.2) is 5.65 Å². The van der Waals surface area contributed by atoms with Gasteiger partial charge in [-0.05, 0) is 39.5 Å². The molecule has 0 aliphatic carbocycles. The maximum atomic E-state index is 4.45. The van der Waals surface area contributed by atoms with E-state index in [1.165, 1.54) is 25.7 Å². The fourth-order valence-electron chi connectivity index (χ4n) is 3.39. The number of fused-ring (bicyclic) bond motifs is 1. The molecular weight excluding hydrogens is 490 g/mol. The first-order valence-electron chi connectivity index (χ1n) is 11.8. The molecule has 2 N–H and O–H groups in total. The van der Waals surface area contributed by atoms with Crippen LogP contribution in [0.15, 0.2) is 59.3 Å². The second-order valence-electron chi connectivity index (χ2n) is 8.50. The summed E-state index contributed by atoms with van der Waals surface area (Å²) < 4.78 is 2.49. The molecule has 0 amide bonds. The number of hydrogen-bond acceptors (Lipinski definition) is 6. The quantitative estimate of drug-likeness (QED) is 0.234. The number of halogens is 1. The maximum Gasteiger partial charge on any atom is 0.229 e. The number of unbranched alkanes of at least 4 members (excludes halogenated alkanes) is 2. The van der Waals surface area contributed by atoms with Gasteiger partial charge in [0.25, 0.3) is 0 Å². The van der Waals surface area contributed by atoms with Gasteiger partial charge in [-0.2, -0.15) is 19.6 Å². The molecule has 0 atom stereocenters. The second-order valence-corrected chi connectivity index (χ2v) is 9.36. The number of anilines is 2. The average molecular weight is 525 g/mol. The largest absolute Gasteiger partial charge is 0.357 e. The van der Waals surface area contributed by atoms with Gasteiger partial charge in [-0.1, -0.05) is 76.8 Å². The zero-order chi connectivity index (χ0) is 24.3. The molecule has 4 rings (SSSR count). The first kappa shape index (κ1) is 25.6. The summed E-state index contributed by atoms with van der Waals surface area (Å²) in [5, 5.41) is 10.6. The van der Waals surface area contributed by atoms with Crippen LogP contribution in [0.3, 0.4) is 0 Å². The lowest BCUT2D eigenvalue weighted by atomic mass is 10.1. The van der Waals surface area contributed by atoms with Crippen LogP contribution in [0.2, 0.25) is 0 Å². The van der Waals surface area contributed by atoms with Gasteiger partial charge in [-0.3, -0.25) is 4.98 Å². The summed E-state index contributed by atoms with van der Waals surface area (Å²) in [6.07, 6.45) is 9.11. The third-order valence-electron chi connectivity index (χ3n) is 5.30. The van der Waals surface area contributed by atoms with Crippen LogP contribution in [0.5, 0.6) is 0 Å². The van der Waals surface area contributed by atoms with E-state index in [-0.39, 0.29) is 0 Å². The van der Waals surface area contributed by atoms with Crippen molar-refractivity contribution in [3.8, 4) is 11.3 Å². The fraction of sp³-hybridized carbons (Fsp3) is 0.385. The van der Waals surface area contributed by atoms with Gasteiger partial charge < -0.3 is 10.6 Å². The molecule has 4 aromatic rings. The van der Waals surface area contributed by atoms with E-state index in [0.29, 0.717) is 24.1 Å². The van der Waals surface area contributed by atoms with E-state index in [4.69, 9.17) is 0 Å². The molecule has 0 fully saturated rings. The third kappa shape index (κ3) is 7.25. The zero-order valence-corrected chi connectivity index (χ0v) is 22.0. The van der Waals surface area contributed by atoms with E-state index in [9.17, 15) is 0 Å². The van der Waals surface area contributed by atoms with Crippen LogP contribution in [-0.4, -0.2) is 31.6 Å². The minimum Gasteiger partial charge on any atom is -0.357 e. The Labute approximate surface area is 210 Å². The number of aromatic nitrogens is 5. The molecule has 0 spiro atoms. The normalized spacial score (nSPS) is 10.8. The topological polar surface area (TPSA) is 80.0 Å². The summed E-state index contributed by atoms with van der Waals surface area (Å²) in [6.45, 7) is 7.45. The zero-order valence-electron chi connectivity index (χ0n) is 20.4. The summed E-state index contributed by atoms with van der Waals surface area (Å²) in [5.74, 6) is 2.06. The van der Waals surface area contributed by atoms with Crippen LogP contribution >= 0.6 is 15.9 Å². The summed E-state index contributed by atoms with van der Waals surface area (Å²) in [4.78, 5) is 13.2. The highest BCUT2D eigenvalue weighted by Gasteiger charge is 2.11. The summed E-state index contributed by atoms with van der Waals surface area (Å²) >= 11 is 3.46. The molecule has 8 heteroatoms. The van der Waals surface area contributed by atoms with E-state index < -0.39 is 0 Å². The van der Waals surface area contributed by atoms with Crippen molar-refractivity contribution >= 4 is 33.5 Å². The van der Waals surface area contributed by atoms with Gasteiger partial charge in [0.05, 0.1) is 16.4 Å². The smallest absolute Gasteiger partial charge is 0.229 e. The monoisotopic (exact) mass is 523 g/mol. The van der Waals surface area contributed by atoms with Gasteiger partial charge in [-0.25, -0.2) is 0 Å². The molecule has 0 saturated heterocycles. The molecule has 34 heavy (non-hydrogen) atoms. The van der Waals surface area contributed by atoms with Crippen molar-refractivity contribution in [1.82, 2.24) is 24.6 Å². The molecule has 7 nitrogen and oxygen atoms in total. The minimum atomic E-state index is 0.534. The number of pyridine rings is 1. The van der Waals surface area contributed by atoms with Gasteiger partial charge in [-0.15, -0.1) is 0 Å². The SMILES string of the molecule is CCCCCC(C)C.CNc1nc(NCc2ccc(-c3ccccn3)cc2)n2ncc(Br)c2n1. The van der Waals surface area contributed by atoms with Crippen LogP contribution < -0.4 is 10.6 Å². The first-order valence-corrected chi connectivity index (χ1v) is 12.6. The Morgan fingerprint density at radius 2 is 1.82 bits per heavy atom. The Balaban J connectivity index is 0.000000350. The van der Waals surface area contributed by atoms with Crippen molar-refractivity contribution in [3.63, 3.8) is 0 Å². The van der Waals surface area contributed by atoms with Crippen molar-refractivity contribution in [3.05, 3.63) is 64.9 Å². The van der Waals surface area contributed by atoms with Gasteiger partial charge in [0.1, 0.15) is 0 Å². The predicted molar refractivity (Wildman–Crippen MR) is 144 cm³/mol. The van der Waals surface area contributed by atoms with E-state index in [1.54, 1.807) is 24.0 Å². The van der Waals surface area contributed by atoms with Crippen molar-refractivity contribution < 1.29 is 0 Å². The molecule has 0 aliphatic rings.